The molecule has 1 aromatic carbocycles. The van der Waals surface area contributed by atoms with E-state index in [1.165, 1.54) is 6.08 Å². The van der Waals surface area contributed by atoms with Crippen molar-refractivity contribution in [1.29, 1.82) is 0 Å². The third-order valence-electron chi connectivity index (χ3n) is 3.50. The Balaban J connectivity index is 1.50. The number of hydrogen-bond donors (Lipinski definition) is 2. The minimum Gasteiger partial charge on any atom is -0.472 e. The van der Waals surface area contributed by atoms with Crippen LogP contribution in [0, 0.1) is 0 Å². The molecule has 0 bridgehead atoms. The van der Waals surface area contributed by atoms with Crippen LogP contribution in [0.1, 0.15) is 24.0 Å². The molecule has 1 aliphatic rings. The van der Waals surface area contributed by atoms with Crippen LogP contribution in [0.25, 0.3) is 6.08 Å². The largest absolute Gasteiger partial charge is 0.472 e. The van der Waals surface area contributed by atoms with Crippen LogP contribution in [0.4, 0.5) is 5.69 Å². The van der Waals surface area contributed by atoms with Gasteiger partial charge in [-0.15, -0.1) is 0 Å². The smallest absolute Gasteiger partial charge is 0.248 e. The summed E-state index contributed by atoms with van der Waals surface area (Å²) >= 11 is 0. The first-order chi connectivity index (χ1) is 11.2. The number of furan rings is 1. The van der Waals surface area contributed by atoms with E-state index in [4.69, 9.17) is 4.42 Å². The highest BCUT2D eigenvalue weighted by molar-refractivity contribution is 6.01. The molecule has 23 heavy (non-hydrogen) atoms. The summed E-state index contributed by atoms with van der Waals surface area (Å²) in [6.07, 6.45) is 8.77. The Morgan fingerprint density at radius 2 is 1.96 bits per heavy atom. The molecule has 0 radical (unpaired) electrons. The quantitative estimate of drug-likeness (QED) is 0.806. The minimum atomic E-state index is -0.217. The van der Waals surface area contributed by atoms with E-state index in [0.29, 0.717) is 18.2 Å². The van der Waals surface area contributed by atoms with Gasteiger partial charge in [0.2, 0.25) is 11.8 Å². The van der Waals surface area contributed by atoms with Gasteiger partial charge in [-0.05, 0) is 42.7 Å². The molecule has 2 amide bonds. The first-order valence-electron chi connectivity index (χ1n) is 7.58. The van der Waals surface area contributed by atoms with E-state index in [2.05, 4.69) is 10.6 Å². The summed E-state index contributed by atoms with van der Waals surface area (Å²) in [6.45, 7) is 0. The predicted molar refractivity (Wildman–Crippen MR) is 87.7 cm³/mol. The summed E-state index contributed by atoms with van der Waals surface area (Å²) in [5.41, 5.74) is 2.45. The Hall–Kier alpha value is -2.82. The van der Waals surface area contributed by atoms with Crippen molar-refractivity contribution in [2.45, 2.75) is 25.3 Å². The average Bonchev–Trinajstić information content (AvgIpc) is 3.18. The van der Waals surface area contributed by atoms with Gasteiger partial charge in [-0.3, -0.25) is 9.59 Å². The number of rotatable bonds is 6. The Labute approximate surface area is 134 Å². The number of benzene rings is 1. The number of hydrogen-bond acceptors (Lipinski definition) is 3. The van der Waals surface area contributed by atoms with Gasteiger partial charge >= 0.3 is 0 Å². The highest BCUT2D eigenvalue weighted by atomic mass is 16.3. The van der Waals surface area contributed by atoms with E-state index < -0.39 is 0 Å². The molecule has 2 aromatic rings. The fraction of sp³-hybridized carbons (Fsp3) is 0.222. The van der Waals surface area contributed by atoms with Gasteiger partial charge in [0.15, 0.2) is 0 Å². The molecule has 1 aliphatic carbocycles. The van der Waals surface area contributed by atoms with Crippen molar-refractivity contribution in [3.8, 4) is 0 Å². The second kappa shape index (κ2) is 6.96. The first kappa shape index (κ1) is 15.1. The molecule has 5 heteroatoms. The van der Waals surface area contributed by atoms with E-state index in [1.54, 1.807) is 36.8 Å². The zero-order valence-electron chi connectivity index (χ0n) is 12.6. The number of anilines is 1. The molecule has 1 heterocycles. The lowest BCUT2D eigenvalue weighted by Crippen LogP contribution is -2.26. The highest BCUT2D eigenvalue weighted by Crippen LogP contribution is 2.19. The van der Waals surface area contributed by atoms with Crippen LogP contribution in [0.15, 0.2) is 53.4 Å². The first-order valence-corrected chi connectivity index (χ1v) is 7.58. The molecular formula is C18H18N2O3. The van der Waals surface area contributed by atoms with Crippen molar-refractivity contribution in [3.63, 3.8) is 0 Å². The van der Waals surface area contributed by atoms with Crippen molar-refractivity contribution in [2.75, 3.05) is 5.32 Å². The third-order valence-corrected chi connectivity index (χ3v) is 3.50. The lowest BCUT2D eigenvalue weighted by atomic mass is 10.1. The van der Waals surface area contributed by atoms with Crippen molar-refractivity contribution in [2.24, 2.45) is 0 Å². The Bertz CT molecular complexity index is 698. The summed E-state index contributed by atoms with van der Waals surface area (Å²) in [4.78, 5) is 23.5. The van der Waals surface area contributed by atoms with Crippen molar-refractivity contribution >= 4 is 23.6 Å². The van der Waals surface area contributed by atoms with Crippen LogP contribution in [0.3, 0.4) is 0 Å². The molecule has 0 unspecified atom stereocenters. The number of nitrogens with one attached hydrogen (secondary N) is 2. The molecule has 0 aliphatic heterocycles. The van der Waals surface area contributed by atoms with Crippen molar-refractivity contribution in [1.82, 2.24) is 5.32 Å². The molecule has 0 spiro atoms. The fourth-order valence-corrected chi connectivity index (χ4v) is 2.12. The molecule has 0 atom stereocenters. The van der Waals surface area contributed by atoms with Gasteiger partial charge in [0.1, 0.15) is 0 Å². The summed E-state index contributed by atoms with van der Waals surface area (Å²) < 4.78 is 4.92. The van der Waals surface area contributed by atoms with E-state index in [0.717, 1.165) is 24.0 Å². The lowest BCUT2D eigenvalue weighted by molar-refractivity contribution is -0.120. The van der Waals surface area contributed by atoms with Crippen LogP contribution in [0.2, 0.25) is 0 Å². The molecule has 0 saturated heterocycles. The Morgan fingerprint density at radius 1 is 1.17 bits per heavy atom. The predicted octanol–water partition coefficient (Wildman–Crippen LogP) is 2.75. The van der Waals surface area contributed by atoms with E-state index in [9.17, 15) is 9.59 Å². The SMILES string of the molecule is O=C(/C=C/c1ccoc1)Nc1ccc(CC(=O)NC2CC2)cc1. The van der Waals surface area contributed by atoms with Crippen LogP contribution in [0.5, 0.6) is 0 Å². The molecule has 1 fully saturated rings. The van der Waals surface area contributed by atoms with Crippen molar-refractivity contribution in [3.05, 3.63) is 60.1 Å². The van der Waals surface area contributed by atoms with Crippen LogP contribution in [-0.2, 0) is 16.0 Å². The fourth-order valence-electron chi connectivity index (χ4n) is 2.12. The Morgan fingerprint density at radius 3 is 2.61 bits per heavy atom. The molecular weight excluding hydrogens is 292 g/mol. The van der Waals surface area contributed by atoms with Gasteiger partial charge in [-0.1, -0.05) is 12.1 Å². The van der Waals surface area contributed by atoms with Gasteiger partial charge < -0.3 is 15.1 Å². The van der Waals surface area contributed by atoms with Gasteiger partial charge in [-0.25, -0.2) is 0 Å². The monoisotopic (exact) mass is 310 g/mol. The molecule has 118 valence electrons. The zero-order valence-corrected chi connectivity index (χ0v) is 12.6. The summed E-state index contributed by atoms with van der Waals surface area (Å²) in [5, 5.41) is 5.72. The second-order valence-electron chi connectivity index (χ2n) is 5.59. The molecule has 2 N–H and O–H groups in total. The second-order valence-corrected chi connectivity index (χ2v) is 5.59. The van der Waals surface area contributed by atoms with Crippen LogP contribution in [-0.4, -0.2) is 17.9 Å². The number of carbonyl (C=O) groups excluding carboxylic acids is 2. The maximum atomic E-state index is 11.8. The standard InChI is InChI=1S/C18H18N2O3/c21-17(8-3-14-9-10-23-12-14)19-15-4-1-13(2-5-15)11-18(22)20-16-6-7-16/h1-5,8-10,12,16H,6-7,11H2,(H,19,21)(H,20,22)/b8-3+. The maximum absolute atomic E-state index is 11.8. The van der Waals surface area contributed by atoms with E-state index >= 15 is 0 Å². The number of amides is 2. The van der Waals surface area contributed by atoms with E-state index in [-0.39, 0.29) is 11.8 Å². The van der Waals surface area contributed by atoms with Gasteiger partial charge in [0, 0.05) is 23.4 Å². The number of carbonyl (C=O) groups is 2. The maximum Gasteiger partial charge on any atom is 0.248 e. The molecule has 1 aromatic heterocycles. The van der Waals surface area contributed by atoms with Crippen LogP contribution >= 0.6 is 0 Å². The molecule has 5 nitrogen and oxygen atoms in total. The topological polar surface area (TPSA) is 71.3 Å². The molecule has 1 saturated carbocycles. The normalized spacial score (nSPS) is 13.9. The average molecular weight is 310 g/mol. The Kier molecular flexibility index (Phi) is 4.57. The van der Waals surface area contributed by atoms with Gasteiger partial charge in [0.25, 0.3) is 0 Å². The lowest BCUT2D eigenvalue weighted by Gasteiger charge is -2.05. The van der Waals surface area contributed by atoms with E-state index in [1.807, 2.05) is 12.1 Å². The van der Waals surface area contributed by atoms with Gasteiger partial charge in [0.05, 0.1) is 18.9 Å². The zero-order chi connectivity index (χ0) is 16.1. The third kappa shape index (κ3) is 4.85. The highest BCUT2D eigenvalue weighted by Gasteiger charge is 2.22. The van der Waals surface area contributed by atoms with Gasteiger partial charge in [-0.2, -0.15) is 0 Å². The summed E-state index contributed by atoms with van der Waals surface area (Å²) in [6, 6.07) is 9.44. The molecule has 3 rings (SSSR count). The summed E-state index contributed by atoms with van der Waals surface area (Å²) in [7, 11) is 0. The van der Waals surface area contributed by atoms with Crippen LogP contribution < -0.4 is 10.6 Å². The minimum absolute atomic E-state index is 0.0485. The van der Waals surface area contributed by atoms with Crippen molar-refractivity contribution < 1.29 is 14.0 Å². The summed E-state index contributed by atoms with van der Waals surface area (Å²) in [5.74, 6) is -0.169.